The quantitative estimate of drug-likeness (QED) is 0.838. The summed E-state index contributed by atoms with van der Waals surface area (Å²) in [5.41, 5.74) is 1.25. The van der Waals surface area contributed by atoms with E-state index < -0.39 is 11.9 Å². The molecule has 2 aromatic rings. The molecule has 0 aliphatic heterocycles. The van der Waals surface area contributed by atoms with Gasteiger partial charge in [-0.05, 0) is 41.5 Å². The summed E-state index contributed by atoms with van der Waals surface area (Å²) in [7, 11) is 0. The predicted octanol–water partition coefficient (Wildman–Crippen LogP) is 5.06. The lowest BCUT2D eigenvalue weighted by Gasteiger charge is -2.13. The van der Waals surface area contributed by atoms with Crippen LogP contribution in [0.1, 0.15) is 17.2 Å². The van der Waals surface area contributed by atoms with E-state index in [-0.39, 0.29) is 11.4 Å². The van der Waals surface area contributed by atoms with E-state index in [1.165, 1.54) is 12.1 Å². The first-order chi connectivity index (χ1) is 8.95. The Balaban J connectivity index is 2.22. The van der Waals surface area contributed by atoms with Crippen molar-refractivity contribution in [3.63, 3.8) is 0 Å². The maximum absolute atomic E-state index is 12.9. The molecule has 0 spiro atoms. The third kappa shape index (κ3) is 3.83. The highest BCUT2D eigenvalue weighted by Crippen LogP contribution is 2.28. The van der Waals surface area contributed by atoms with Crippen molar-refractivity contribution in [1.29, 1.82) is 0 Å². The minimum absolute atomic E-state index is 0.260. The summed E-state index contributed by atoms with van der Waals surface area (Å²) in [5, 5.41) is 11.3. The number of rotatable bonds is 3. The molecule has 1 unspecified atom stereocenters. The normalized spacial score (nSPS) is 12.5. The van der Waals surface area contributed by atoms with Crippen LogP contribution in [0, 0.1) is 5.82 Å². The van der Waals surface area contributed by atoms with Crippen molar-refractivity contribution in [2.24, 2.45) is 0 Å². The molecule has 19 heavy (non-hydrogen) atoms. The lowest BCUT2D eigenvalue weighted by Crippen LogP contribution is -2.02. The molecule has 2 aromatic carbocycles. The lowest BCUT2D eigenvalue weighted by atomic mass is 10.0. The smallest absolute Gasteiger partial charge is 0.124 e. The molecule has 0 bridgehead atoms. The molecule has 0 amide bonds. The van der Waals surface area contributed by atoms with Gasteiger partial charge in [-0.25, -0.2) is 4.39 Å². The standard InChI is InChI=1S/C14H10Cl3FO/c15-10-3-9(4-11(16)6-10)14(19)5-8-1-2-12(18)7-13(8)17/h1-4,6-7,14,19H,5H2. The first-order valence-electron chi connectivity index (χ1n) is 5.53. The van der Waals surface area contributed by atoms with Gasteiger partial charge in [-0.15, -0.1) is 0 Å². The summed E-state index contributed by atoms with van der Waals surface area (Å²) in [6.45, 7) is 0. The minimum atomic E-state index is -0.806. The van der Waals surface area contributed by atoms with Gasteiger partial charge in [-0.3, -0.25) is 0 Å². The van der Waals surface area contributed by atoms with Crippen LogP contribution in [0.5, 0.6) is 0 Å². The van der Waals surface area contributed by atoms with Crippen molar-refractivity contribution in [3.05, 3.63) is 68.4 Å². The summed E-state index contributed by atoms with van der Waals surface area (Å²) in [5.74, 6) is -0.408. The summed E-state index contributed by atoms with van der Waals surface area (Å²) in [6.07, 6.45) is -0.547. The summed E-state index contributed by atoms with van der Waals surface area (Å²) in [4.78, 5) is 0. The topological polar surface area (TPSA) is 20.2 Å². The van der Waals surface area contributed by atoms with E-state index in [1.54, 1.807) is 24.3 Å². The number of aliphatic hydroxyl groups is 1. The van der Waals surface area contributed by atoms with Crippen LogP contribution in [0.15, 0.2) is 36.4 Å². The summed E-state index contributed by atoms with van der Waals surface area (Å²) in [6, 6.07) is 8.93. The Morgan fingerprint density at radius 1 is 1.00 bits per heavy atom. The van der Waals surface area contributed by atoms with E-state index in [1.807, 2.05) is 0 Å². The van der Waals surface area contributed by atoms with Crippen LogP contribution in [0.25, 0.3) is 0 Å². The minimum Gasteiger partial charge on any atom is -0.388 e. The molecule has 1 atom stereocenters. The van der Waals surface area contributed by atoms with Gasteiger partial charge in [0.1, 0.15) is 5.82 Å². The maximum Gasteiger partial charge on any atom is 0.124 e. The zero-order valence-corrected chi connectivity index (χ0v) is 12.0. The van der Waals surface area contributed by atoms with Gasteiger partial charge in [0.15, 0.2) is 0 Å². The molecule has 0 aliphatic rings. The van der Waals surface area contributed by atoms with Crippen LogP contribution in [-0.2, 0) is 6.42 Å². The fourth-order valence-corrected chi connectivity index (χ4v) is 2.57. The van der Waals surface area contributed by atoms with Crippen molar-refractivity contribution >= 4 is 34.8 Å². The van der Waals surface area contributed by atoms with Crippen LogP contribution in [0.3, 0.4) is 0 Å². The van der Waals surface area contributed by atoms with E-state index in [2.05, 4.69) is 0 Å². The monoisotopic (exact) mass is 318 g/mol. The second-order valence-corrected chi connectivity index (χ2v) is 5.44. The third-order valence-corrected chi connectivity index (χ3v) is 3.49. The Hall–Kier alpha value is -0.800. The van der Waals surface area contributed by atoms with Crippen LogP contribution in [0.4, 0.5) is 4.39 Å². The molecule has 0 heterocycles. The van der Waals surface area contributed by atoms with Gasteiger partial charge in [0.25, 0.3) is 0 Å². The Bertz CT molecular complexity index is 581. The molecule has 100 valence electrons. The molecule has 5 heteroatoms. The molecule has 0 radical (unpaired) electrons. The molecule has 0 saturated heterocycles. The molecule has 0 aliphatic carbocycles. The van der Waals surface area contributed by atoms with Gasteiger partial charge in [-0.1, -0.05) is 40.9 Å². The number of halogens is 4. The average molecular weight is 320 g/mol. The first kappa shape index (κ1) is 14.6. The Morgan fingerprint density at radius 2 is 1.63 bits per heavy atom. The van der Waals surface area contributed by atoms with Gasteiger partial charge in [0.2, 0.25) is 0 Å². The van der Waals surface area contributed by atoms with Crippen LogP contribution < -0.4 is 0 Å². The van der Waals surface area contributed by atoms with Crippen LogP contribution in [0.2, 0.25) is 15.1 Å². The number of benzene rings is 2. The molecular weight excluding hydrogens is 310 g/mol. The van der Waals surface area contributed by atoms with Gasteiger partial charge in [0.05, 0.1) is 6.10 Å². The Labute approximate surface area is 125 Å². The second kappa shape index (κ2) is 6.10. The highest BCUT2D eigenvalue weighted by Gasteiger charge is 2.13. The molecule has 0 fully saturated rings. The third-order valence-electron chi connectivity index (χ3n) is 2.70. The number of hydrogen-bond donors (Lipinski definition) is 1. The van der Waals surface area contributed by atoms with E-state index >= 15 is 0 Å². The molecule has 1 N–H and O–H groups in total. The first-order valence-corrected chi connectivity index (χ1v) is 6.67. The molecular formula is C14H10Cl3FO. The van der Waals surface area contributed by atoms with E-state index in [0.29, 0.717) is 21.2 Å². The molecule has 0 saturated carbocycles. The van der Waals surface area contributed by atoms with Crippen molar-refractivity contribution in [3.8, 4) is 0 Å². The van der Waals surface area contributed by atoms with Gasteiger partial charge in [-0.2, -0.15) is 0 Å². The van der Waals surface area contributed by atoms with Crippen LogP contribution >= 0.6 is 34.8 Å². The van der Waals surface area contributed by atoms with E-state index in [0.717, 1.165) is 0 Å². The van der Waals surface area contributed by atoms with Crippen molar-refractivity contribution < 1.29 is 9.50 Å². The van der Waals surface area contributed by atoms with Crippen molar-refractivity contribution in [1.82, 2.24) is 0 Å². The van der Waals surface area contributed by atoms with Gasteiger partial charge >= 0.3 is 0 Å². The lowest BCUT2D eigenvalue weighted by molar-refractivity contribution is 0.178. The van der Waals surface area contributed by atoms with E-state index in [4.69, 9.17) is 34.8 Å². The maximum atomic E-state index is 12.9. The fraction of sp³-hybridized carbons (Fsp3) is 0.143. The largest absolute Gasteiger partial charge is 0.388 e. The van der Waals surface area contributed by atoms with Crippen LogP contribution in [-0.4, -0.2) is 5.11 Å². The summed E-state index contributed by atoms with van der Waals surface area (Å²) < 4.78 is 12.9. The highest BCUT2D eigenvalue weighted by atomic mass is 35.5. The molecule has 1 nitrogen and oxygen atoms in total. The number of aliphatic hydroxyl groups excluding tert-OH is 1. The number of hydrogen-bond acceptors (Lipinski definition) is 1. The summed E-state index contributed by atoms with van der Waals surface area (Å²) >= 11 is 17.7. The van der Waals surface area contributed by atoms with Gasteiger partial charge in [0, 0.05) is 21.5 Å². The van der Waals surface area contributed by atoms with Crippen molar-refractivity contribution in [2.75, 3.05) is 0 Å². The Kier molecular flexibility index (Phi) is 4.69. The highest BCUT2D eigenvalue weighted by molar-refractivity contribution is 6.34. The predicted molar refractivity (Wildman–Crippen MR) is 76.5 cm³/mol. The zero-order valence-electron chi connectivity index (χ0n) is 9.71. The SMILES string of the molecule is OC(Cc1ccc(F)cc1Cl)c1cc(Cl)cc(Cl)c1. The Morgan fingerprint density at radius 3 is 2.21 bits per heavy atom. The van der Waals surface area contributed by atoms with Gasteiger partial charge < -0.3 is 5.11 Å². The zero-order chi connectivity index (χ0) is 14.0. The van der Waals surface area contributed by atoms with Crippen molar-refractivity contribution in [2.45, 2.75) is 12.5 Å². The second-order valence-electron chi connectivity index (χ2n) is 4.16. The fourth-order valence-electron chi connectivity index (χ4n) is 1.78. The molecule has 2 rings (SSSR count). The average Bonchev–Trinajstić information content (AvgIpc) is 2.31. The van der Waals surface area contributed by atoms with E-state index in [9.17, 15) is 9.50 Å². The molecule has 0 aromatic heterocycles.